The van der Waals surface area contributed by atoms with Gasteiger partial charge in [-0.05, 0) is 48.4 Å². The maximum absolute atomic E-state index is 12.1. The Morgan fingerprint density at radius 1 is 0.889 bits per heavy atom. The number of aryl methyl sites for hydroxylation is 1. The van der Waals surface area contributed by atoms with E-state index < -0.39 is 11.8 Å². The third kappa shape index (κ3) is 4.98. The minimum Gasteiger partial charge on any atom is -0.486 e. The molecule has 0 unspecified atom stereocenters. The first-order valence-electron chi connectivity index (χ1n) is 8.62. The standard InChI is InChI=1S/C21H20N2O4/c1-2-15-8-10-16(11-9-15)20(24)22-23-21(25)19-13-12-18(27-19)14-26-17-6-4-3-5-7-17/h3-13H,2,14H2,1H3,(H,22,24)(H,23,25). The highest BCUT2D eigenvalue weighted by Gasteiger charge is 2.13. The lowest BCUT2D eigenvalue weighted by Crippen LogP contribution is -2.41. The van der Waals surface area contributed by atoms with Crippen molar-refractivity contribution in [1.29, 1.82) is 0 Å². The number of hydrogen-bond acceptors (Lipinski definition) is 4. The molecule has 1 aromatic heterocycles. The molecule has 0 aliphatic carbocycles. The zero-order chi connectivity index (χ0) is 19.1. The first kappa shape index (κ1) is 18.3. The van der Waals surface area contributed by atoms with Gasteiger partial charge >= 0.3 is 5.91 Å². The van der Waals surface area contributed by atoms with Crippen molar-refractivity contribution in [3.63, 3.8) is 0 Å². The summed E-state index contributed by atoms with van der Waals surface area (Å²) in [5.74, 6) is 0.361. The van der Waals surface area contributed by atoms with Crippen molar-refractivity contribution in [3.8, 4) is 5.75 Å². The van der Waals surface area contributed by atoms with E-state index in [0.717, 1.165) is 12.0 Å². The first-order valence-corrected chi connectivity index (χ1v) is 8.62. The molecule has 0 fully saturated rings. The Labute approximate surface area is 157 Å². The SMILES string of the molecule is CCc1ccc(C(=O)NNC(=O)c2ccc(COc3ccccc3)o2)cc1. The molecule has 138 valence electrons. The van der Waals surface area contributed by atoms with Crippen LogP contribution in [-0.2, 0) is 13.0 Å². The number of nitrogens with one attached hydrogen (secondary N) is 2. The van der Waals surface area contributed by atoms with E-state index in [4.69, 9.17) is 9.15 Å². The quantitative estimate of drug-likeness (QED) is 0.656. The van der Waals surface area contributed by atoms with Crippen molar-refractivity contribution in [2.24, 2.45) is 0 Å². The van der Waals surface area contributed by atoms with Crippen molar-refractivity contribution >= 4 is 11.8 Å². The van der Waals surface area contributed by atoms with Gasteiger partial charge in [0.15, 0.2) is 5.76 Å². The summed E-state index contributed by atoms with van der Waals surface area (Å²) < 4.78 is 11.0. The highest BCUT2D eigenvalue weighted by Crippen LogP contribution is 2.14. The molecule has 2 aromatic carbocycles. The highest BCUT2D eigenvalue weighted by atomic mass is 16.5. The summed E-state index contributed by atoms with van der Waals surface area (Å²) >= 11 is 0. The average molecular weight is 364 g/mol. The van der Waals surface area contributed by atoms with E-state index in [2.05, 4.69) is 10.9 Å². The normalized spacial score (nSPS) is 10.3. The molecule has 0 saturated heterocycles. The Kier molecular flexibility index (Phi) is 5.89. The first-order chi connectivity index (χ1) is 13.2. The molecule has 0 saturated carbocycles. The monoisotopic (exact) mass is 364 g/mol. The number of hydrogen-bond donors (Lipinski definition) is 2. The van der Waals surface area contributed by atoms with Crippen LogP contribution in [0.15, 0.2) is 71.1 Å². The van der Waals surface area contributed by atoms with E-state index >= 15 is 0 Å². The summed E-state index contributed by atoms with van der Waals surface area (Å²) in [5.41, 5.74) is 6.31. The number of hydrazine groups is 1. The number of ether oxygens (including phenoxy) is 1. The predicted molar refractivity (Wildman–Crippen MR) is 100 cm³/mol. The fourth-order valence-electron chi connectivity index (χ4n) is 2.39. The second-order valence-electron chi connectivity index (χ2n) is 5.83. The Morgan fingerprint density at radius 2 is 1.59 bits per heavy atom. The molecular formula is C21H20N2O4. The van der Waals surface area contributed by atoms with Crippen LogP contribution in [0.2, 0.25) is 0 Å². The summed E-state index contributed by atoms with van der Waals surface area (Å²) in [6.07, 6.45) is 0.896. The summed E-state index contributed by atoms with van der Waals surface area (Å²) in [4.78, 5) is 24.2. The lowest BCUT2D eigenvalue weighted by atomic mass is 10.1. The molecule has 3 aromatic rings. The van der Waals surface area contributed by atoms with Crippen LogP contribution < -0.4 is 15.6 Å². The van der Waals surface area contributed by atoms with Crippen molar-refractivity contribution in [3.05, 3.63) is 89.4 Å². The van der Waals surface area contributed by atoms with Crippen LogP contribution in [0.4, 0.5) is 0 Å². The Balaban J connectivity index is 1.50. The van der Waals surface area contributed by atoms with E-state index in [9.17, 15) is 9.59 Å². The highest BCUT2D eigenvalue weighted by molar-refractivity contribution is 5.97. The molecule has 2 amide bonds. The molecule has 0 atom stereocenters. The second-order valence-corrected chi connectivity index (χ2v) is 5.83. The van der Waals surface area contributed by atoms with Crippen molar-refractivity contribution < 1.29 is 18.7 Å². The van der Waals surface area contributed by atoms with Crippen molar-refractivity contribution in [2.45, 2.75) is 20.0 Å². The molecule has 0 spiro atoms. The van der Waals surface area contributed by atoms with Crippen LogP contribution in [0.5, 0.6) is 5.75 Å². The number of carbonyl (C=O) groups excluding carboxylic acids is 2. The maximum Gasteiger partial charge on any atom is 0.305 e. The number of amides is 2. The molecule has 0 aliphatic rings. The summed E-state index contributed by atoms with van der Waals surface area (Å²) in [6, 6.07) is 19.7. The number of para-hydroxylation sites is 1. The molecule has 1 heterocycles. The lowest BCUT2D eigenvalue weighted by molar-refractivity contribution is 0.0828. The molecule has 0 radical (unpaired) electrons. The zero-order valence-electron chi connectivity index (χ0n) is 14.9. The van der Waals surface area contributed by atoms with E-state index in [1.54, 1.807) is 18.2 Å². The summed E-state index contributed by atoms with van der Waals surface area (Å²) in [7, 11) is 0. The molecule has 0 aliphatic heterocycles. The van der Waals surface area contributed by atoms with Crippen molar-refractivity contribution in [1.82, 2.24) is 10.9 Å². The fraction of sp³-hybridized carbons (Fsp3) is 0.143. The van der Waals surface area contributed by atoms with Gasteiger partial charge in [0.05, 0.1) is 0 Å². The number of benzene rings is 2. The van der Waals surface area contributed by atoms with Gasteiger partial charge in [0, 0.05) is 5.56 Å². The van der Waals surface area contributed by atoms with Gasteiger partial charge in [-0.2, -0.15) is 0 Å². The zero-order valence-corrected chi connectivity index (χ0v) is 14.9. The Hall–Kier alpha value is -3.54. The Morgan fingerprint density at radius 3 is 2.30 bits per heavy atom. The molecular weight excluding hydrogens is 344 g/mol. The smallest absolute Gasteiger partial charge is 0.305 e. The largest absolute Gasteiger partial charge is 0.486 e. The third-order valence-corrected chi connectivity index (χ3v) is 3.92. The predicted octanol–water partition coefficient (Wildman–Crippen LogP) is 3.50. The van der Waals surface area contributed by atoms with Crippen LogP contribution in [0.25, 0.3) is 0 Å². The maximum atomic E-state index is 12.1. The minimum absolute atomic E-state index is 0.0864. The fourth-order valence-corrected chi connectivity index (χ4v) is 2.39. The third-order valence-electron chi connectivity index (χ3n) is 3.92. The van der Waals surface area contributed by atoms with Crippen LogP contribution >= 0.6 is 0 Å². The molecule has 6 nitrogen and oxygen atoms in total. The van der Waals surface area contributed by atoms with E-state index in [1.807, 2.05) is 49.4 Å². The van der Waals surface area contributed by atoms with Crippen molar-refractivity contribution in [2.75, 3.05) is 0 Å². The lowest BCUT2D eigenvalue weighted by Gasteiger charge is -2.06. The number of furan rings is 1. The van der Waals surface area contributed by atoms with Crippen LogP contribution in [0.1, 0.15) is 39.2 Å². The van der Waals surface area contributed by atoms with Crippen LogP contribution in [0, 0.1) is 0 Å². The van der Waals surface area contributed by atoms with Crippen LogP contribution in [0.3, 0.4) is 0 Å². The van der Waals surface area contributed by atoms with Gasteiger partial charge in [0.2, 0.25) is 0 Å². The van der Waals surface area contributed by atoms with Gasteiger partial charge in [-0.25, -0.2) is 0 Å². The van der Waals surface area contributed by atoms with Gasteiger partial charge in [0.1, 0.15) is 18.1 Å². The van der Waals surface area contributed by atoms with E-state index in [0.29, 0.717) is 17.1 Å². The van der Waals surface area contributed by atoms with E-state index in [1.165, 1.54) is 6.07 Å². The van der Waals surface area contributed by atoms with E-state index in [-0.39, 0.29) is 12.4 Å². The molecule has 6 heteroatoms. The second kappa shape index (κ2) is 8.71. The molecule has 0 bridgehead atoms. The number of rotatable bonds is 6. The summed E-state index contributed by atoms with van der Waals surface area (Å²) in [5, 5.41) is 0. The van der Waals surface area contributed by atoms with Gasteiger partial charge in [-0.1, -0.05) is 37.3 Å². The molecule has 2 N–H and O–H groups in total. The topological polar surface area (TPSA) is 80.6 Å². The van der Waals surface area contributed by atoms with Gasteiger partial charge in [0.25, 0.3) is 5.91 Å². The number of carbonyl (C=O) groups is 2. The summed E-state index contributed by atoms with van der Waals surface area (Å²) in [6.45, 7) is 2.24. The molecule has 3 rings (SSSR count). The molecule has 27 heavy (non-hydrogen) atoms. The average Bonchev–Trinajstić information content (AvgIpc) is 3.20. The van der Waals surface area contributed by atoms with Gasteiger partial charge in [-0.15, -0.1) is 0 Å². The van der Waals surface area contributed by atoms with Crippen LogP contribution in [-0.4, -0.2) is 11.8 Å². The minimum atomic E-state index is -0.542. The Bertz CT molecular complexity index is 901. The van der Waals surface area contributed by atoms with Gasteiger partial charge < -0.3 is 9.15 Å². The van der Waals surface area contributed by atoms with Gasteiger partial charge in [-0.3, -0.25) is 20.4 Å².